The van der Waals surface area contributed by atoms with Gasteiger partial charge in [-0.2, -0.15) is 0 Å². The van der Waals surface area contributed by atoms with Crippen LogP contribution in [-0.2, 0) is 27.4 Å². The first-order valence-corrected chi connectivity index (χ1v) is 9.87. The van der Waals surface area contributed by atoms with Crippen LogP contribution in [-0.4, -0.2) is 28.6 Å². The van der Waals surface area contributed by atoms with Crippen LogP contribution >= 0.6 is 0 Å². The minimum atomic E-state index is -1.13. The average molecular weight is 396 g/mol. The number of carboxylic acids is 1. The molecule has 0 bridgehead atoms. The van der Waals surface area contributed by atoms with Gasteiger partial charge in [0.1, 0.15) is 29.7 Å². The van der Waals surface area contributed by atoms with Gasteiger partial charge in [-0.1, -0.05) is 36.4 Å². The van der Waals surface area contributed by atoms with E-state index >= 15 is 0 Å². The van der Waals surface area contributed by atoms with Crippen molar-refractivity contribution in [3.63, 3.8) is 0 Å². The number of aliphatic carboxylic acids is 1. The van der Waals surface area contributed by atoms with E-state index in [2.05, 4.69) is 13.0 Å². The van der Waals surface area contributed by atoms with E-state index in [0.29, 0.717) is 13.0 Å². The van der Waals surface area contributed by atoms with E-state index in [-0.39, 0.29) is 18.3 Å². The molecular formula is C24H28O5. The third-order valence-electron chi connectivity index (χ3n) is 5.71. The number of ether oxygens (including phenoxy) is 2. The Balaban J connectivity index is 1.92. The third-order valence-corrected chi connectivity index (χ3v) is 5.71. The molecule has 29 heavy (non-hydrogen) atoms. The van der Waals surface area contributed by atoms with E-state index in [0.717, 1.165) is 33.6 Å². The second-order valence-electron chi connectivity index (χ2n) is 8.13. The first-order chi connectivity index (χ1) is 13.7. The Labute approximate surface area is 171 Å². The van der Waals surface area contributed by atoms with Gasteiger partial charge >= 0.3 is 5.97 Å². The van der Waals surface area contributed by atoms with E-state index in [1.165, 1.54) is 0 Å². The SMILES string of the molecule is Cc1cc(C)c2c(c1C)OC(C)(CC(=O)CC(=O)O)C(OCc1ccccc1)C2. The molecule has 2 aromatic carbocycles. The highest BCUT2D eigenvalue weighted by atomic mass is 16.6. The van der Waals surface area contributed by atoms with Gasteiger partial charge in [0, 0.05) is 18.4 Å². The van der Waals surface area contributed by atoms with Crippen LogP contribution in [0.5, 0.6) is 5.75 Å². The summed E-state index contributed by atoms with van der Waals surface area (Å²) in [5, 5.41) is 9.00. The number of ketones is 1. The van der Waals surface area contributed by atoms with Gasteiger partial charge in [-0.15, -0.1) is 0 Å². The quantitative estimate of drug-likeness (QED) is 0.706. The fourth-order valence-corrected chi connectivity index (χ4v) is 3.98. The van der Waals surface area contributed by atoms with Crippen LogP contribution in [0.25, 0.3) is 0 Å². The van der Waals surface area contributed by atoms with Gasteiger partial charge in [0.05, 0.1) is 6.61 Å². The Bertz CT molecular complexity index is 919. The number of hydrogen-bond donors (Lipinski definition) is 1. The maximum Gasteiger partial charge on any atom is 0.310 e. The van der Waals surface area contributed by atoms with Crippen LogP contribution in [0.1, 0.15) is 47.6 Å². The Hall–Kier alpha value is -2.66. The van der Waals surface area contributed by atoms with Crippen molar-refractivity contribution in [3.05, 3.63) is 64.2 Å². The zero-order valence-corrected chi connectivity index (χ0v) is 17.5. The number of aryl methyl sites for hydroxylation is 2. The lowest BCUT2D eigenvalue weighted by Gasteiger charge is -2.43. The molecule has 154 valence electrons. The second kappa shape index (κ2) is 8.37. The standard InChI is InChI=1S/C24H28O5/c1-15-10-16(2)20-12-21(28-14-18-8-6-5-7-9-18)24(4,29-23(20)17(15)3)13-19(25)11-22(26)27/h5-10,21H,11-14H2,1-4H3,(H,26,27). The highest BCUT2D eigenvalue weighted by Gasteiger charge is 2.44. The largest absolute Gasteiger partial charge is 0.484 e. The Morgan fingerprint density at radius 3 is 2.52 bits per heavy atom. The molecule has 0 spiro atoms. The number of rotatable bonds is 7. The van der Waals surface area contributed by atoms with Crippen LogP contribution in [0.2, 0.25) is 0 Å². The molecule has 0 saturated heterocycles. The van der Waals surface area contributed by atoms with Gasteiger partial charge in [0.2, 0.25) is 0 Å². The molecule has 0 aliphatic carbocycles. The molecule has 0 saturated carbocycles. The summed E-state index contributed by atoms with van der Waals surface area (Å²) in [6.07, 6.45) is -0.270. The zero-order chi connectivity index (χ0) is 21.2. The number of carboxylic acid groups (broad SMARTS) is 1. The van der Waals surface area contributed by atoms with Crippen molar-refractivity contribution >= 4 is 11.8 Å². The predicted molar refractivity (Wildman–Crippen MR) is 110 cm³/mol. The molecule has 3 rings (SSSR count). The molecule has 1 N–H and O–H groups in total. The lowest BCUT2D eigenvalue weighted by atomic mass is 9.82. The number of carbonyl (C=O) groups excluding carboxylic acids is 1. The van der Waals surface area contributed by atoms with Crippen molar-refractivity contribution in [1.82, 2.24) is 0 Å². The highest BCUT2D eigenvalue weighted by Crippen LogP contribution is 2.42. The summed E-state index contributed by atoms with van der Waals surface area (Å²) in [6.45, 7) is 8.36. The van der Waals surface area contributed by atoms with Crippen molar-refractivity contribution < 1.29 is 24.2 Å². The number of carbonyl (C=O) groups is 2. The molecule has 1 aliphatic rings. The molecule has 1 heterocycles. The molecule has 2 aromatic rings. The van der Waals surface area contributed by atoms with Crippen molar-refractivity contribution in [2.24, 2.45) is 0 Å². The molecule has 0 amide bonds. The second-order valence-corrected chi connectivity index (χ2v) is 8.13. The van der Waals surface area contributed by atoms with E-state index in [1.54, 1.807) is 0 Å². The minimum Gasteiger partial charge on any atom is -0.484 e. The first-order valence-electron chi connectivity index (χ1n) is 9.87. The molecule has 0 radical (unpaired) electrons. The van der Waals surface area contributed by atoms with Crippen LogP contribution < -0.4 is 4.74 Å². The van der Waals surface area contributed by atoms with Gasteiger partial charge in [0.25, 0.3) is 0 Å². The van der Waals surface area contributed by atoms with Gasteiger partial charge in [-0.05, 0) is 49.9 Å². The molecular weight excluding hydrogens is 368 g/mol. The van der Waals surface area contributed by atoms with E-state index < -0.39 is 18.0 Å². The van der Waals surface area contributed by atoms with Gasteiger partial charge in [0.15, 0.2) is 0 Å². The molecule has 1 aliphatic heterocycles. The monoisotopic (exact) mass is 396 g/mol. The predicted octanol–water partition coefficient (Wildman–Crippen LogP) is 4.32. The summed E-state index contributed by atoms with van der Waals surface area (Å²) < 4.78 is 12.7. The summed E-state index contributed by atoms with van der Waals surface area (Å²) in [6, 6.07) is 12.0. The minimum absolute atomic E-state index is 0.00930. The normalized spacial score (nSPS) is 20.6. The lowest BCUT2D eigenvalue weighted by molar-refractivity contribution is -0.144. The lowest BCUT2D eigenvalue weighted by Crippen LogP contribution is -2.52. The first kappa shape index (κ1) is 21.1. The van der Waals surface area contributed by atoms with Crippen molar-refractivity contribution in [2.45, 2.75) is 65.3 Å². The van der Waals surface area contributed by atoms with E-state index in [1.807, 2.05) is 51.1 Å². The molecule has 5 heteroatoms. The Kier molecular flexibility index (Phi) is 6.08. The molecule has 2 atom stereocenters. The number of Topliss-reactive ketones (excluding diaryl/α,β-unsaturated/α-hetero) is 1. The summed E-state index contributed by atoms with van der Waals surface area (Å²) >= 11 is 0. The van der Waals surface area contributed by atoms with Crippen molar-refractivity contribution in [3.8, 4) is 5.75 Å². The summed E-state index contributed by atoms with van der Waals surface area (Å²) in [7, 11) is 0. The van der Waals surface area contributed by atoms with Crippen molar-refractivity contribution in [2.75, 3.05) is 0 Å². The zero-order valence-electron chi connectivity index (χ0n) is 17.5. The smallest absolute Gasteiger partial charge is 0.310 e. The summed E-state index contributed by atoms with van der Waals surface area (Å²) in [5.74, 6) is -0.689. The van der Waals surface area contributed by atoms with Crippen LogP contribution in [0.15, 0.2) is 36.4 Å². The molecule has 0 fully saturated rings. The fraction of sp³-hybridized carbons (Fsp3) is 0.417. The topological polar surface area (TPSA) is 72.8 Å². The van der Waals surface area contributed by atoms with Crippen molar-refractivity contribution in [1.29, 1.82) is 0 Å². The molecule has 5 nitrogen and oxygen atoms in total. The molecule has 2 unspecified atom stereocenters. The number of hydrogen-bond acceptors (Lipinski definition) is 4. The fourth-order valence-electron chi connectivity index (χ4n) is 3.98. The van der Waals surface area contributed by atoms with E-state index in [4.69, 9.17) is 14.6 Å². The van der Waals surface area contributed by atoms with Crippen LogP contribution in [0, 0.1) is 20.8 Å². The van der Waals surface area contributed by atoms with Gasteiger partial charge in [-0.3, -0.25) is 9.59 Å². The summed E-state index contributed by atoms with van der Waals surface area (Å²) in [5.41, 5.74) is 4.51. The number of fused-ring (bicyclic) bond motifs is 1. The molecule has 0 aromatic heterocycles. The highest BCUT2D eigenvalue weighted by molar-refractivity contribution is 5.95. The number of benzene rings is 2. The maximum absolute atomic E-state index is 12.4. The summed E-state index contributed by atoms with van der Waals surface area (Å²) in [4.78, 5) is 23.4. The maximum atomic E-state index is 12.4. The Morgan fingerprint density at radius 1 is 1.17 bits per heavy atom. The van der Waals surface area contributed by atoms with E-state index in [9.17, 15) is 9.59 Å². The van der Waals surface area contributed by atoms with Crippen LogP contribution in [0.3, 0.4) is 0 Å². The average Bonchev–Trinajstić information content (AvgIpc) is 2.64. The third kappa shape index (κ3) is 4.67. The van der Waals surface area contributed by atoms with Gasteiger partial charge < -0.3 is 14.6 Å². The van der Waals surface area contributed by atoms with Crippen LogP contribution in [0.4, 0.5) is 0 Å². The Morgan fingerprint density at radius 2 is 1.86 bits per heavy atom. The van der Waals surface area contributed by atoms with Gasteiger partial charge in [-0.25, -0.2) is 0 Å².